The lowest BCUT2D eigenvalue weighted by molar-refractivity contribution is -0.144. The normalized spacial score (nSPS) is 17.2. The maximum Gasteiger partial charge on any atom is 0.416 e. The molecule has 1 atom stereocenters. The van der Waals surface area contributed by atoms with Crippen molar-refractivity contribution in [2.45, 2.75) is 51.9 Å². The lowest BCUT2D eigenvalue weighted by Crippen LogP contribution is -2.38. The van der Waals surface area contributed by atoms with Crippen molar-refractivity contribution in [2.24, 2.45) is 0 Å². The molecule has 32 heavy (non-hydrogen) atoms. The zero-order chi connectivity index (χ0) is 23.6. The maximum atomic E-state index is 14.2. The van der Waals surface area contributed by atoms with E-state index in [1.807, 2.05) is 0 Å². The van der Waals surface area contributed by atoms with E-state index in [-0.39, 0.29) is 30.0 Å². The first-order chi connectivity index (χ1) is 15.0. The molecule has 8 heteroatoms. The van der Waals surface area contributed by atoms with Gasteiger partial charge in [-0.1, -0.05) is 30.3 Å². The SMILES string of the molecule is CC1=C(C(=O)OC(C)C)C(c2ccc(C(F)(F)F)cc2)CC(=O)N1Cc1ccccc1F. The predicted molar refractivity (Wildman–Crippen MR) is 110 cm³/mol. The Bertz CT molecular complexity index is 1040. The van der Waals surface area contributed by atoms with Gasteiger partial charge in [-0.3, -0.25) is 4.79 Å². The van der Waals surface area contributed by atoms with Crippen molar-refractivity contribution in [1.82, 2.24) is 4.90 Å². The molecule has 1 unspecified atom stereocenters. The monoisotopic (exact) mass is 449 g/mol. The van der Waals surface area contributed by atoms with E-state index >= 15 is 0 Å². The van der Waals surface area contributed by atoms with Gasteiger partial charge in [0, 0.05) is 23.6 Å². The van der Waals surface area contributed by atoms with Gasteiger partial charge in [-0.05, 0) is 44.5 Å². The average Bonchev–Trinajstić information content (AvgIpc) is 2.70. The molecule has 1 aliphatic heterocycles. The highest BCUT2D eigenvalue weighted by Gasteiger charge is 2.38. The Hall–Kier alpha value is -3.16. The van der Waals surface area contributed by atoms with Crippen molar-refractivity contribution in [3.63, 3.8) is 0 Å². The molecule has 0 bridgehead atoms. The lowest BCUT2D eigenvalue weighted by atomic mass is 9.83. The molecule has 0 aliphatic carbocycles. The highest BCUT2D eigenvalue weighted by Crippen LogP contribution is 2.39. The molecule has 0 aromatic heterocycles. The molecule has 3 rings (SSSR count). The summed E-state index contributed by atoms with van der Waals surface area (Å²) in [6.45, 7) is 4.83. The van der Waals surface area contributed by atoms with Crippen molar-refractivity contribution >= 4 is 11.9 Å². The van der Waals surface area contributed by atoms with Gasteiger partial charge >= 0.3 is 12.1 Å². The summed E-state index contributed by atoms with van der Waals surface area (Å²) in [7, 11) is 0. The van der Waals surface area contributed by atoms with E-state index in [0.717, 1.165) is 12.1 Å². The Morgan fingerprint density at radius 3 is 2.31 bits per heavy atom. The molecule has 1 heterocycles. The number of benzene rings is 2. The summed E-state index contributed by atoms with van der Waals surface area (Å²) in [5, 5.41) is 0. The highest BCUT2D eigenvalue weighted by molar-refractivity contribution is 5.96. The average molecular weight is 449 g/mol. The third-order valence-electron chi connectivity index (χ3n) is 5.31. The summed E-state index contributed by atoms with van der Waals surface area (Å²) in [5.41, 5.74) is 0.322. The maximum absolute atomic E-state index is 14.2. The van der Waals surface area contributed by atoms with Gasteiger partial charge in [0.2, 0.25) is 5.91 Å². The van der Waals surface area contributed by atoms with E-state index < -0.39 is 35.5 Å². The highest BCUT2D eigenvalue weighted by atomic mass is 19.4. The number of ether oxygens (including phenoxy) is 1. The molecular weight excluding hydrogens is 426 g/mol. The minimum Gasteiger partial charge on any atom is -0.460 e. The summed E-state index contributed by atoms with van der Waals surface area (Å²) in [5.74, 6) is -2.28. The number of carbonyl (C=O) groups excluding carboxylic acids is 2. The van der Waals surface area contributed by atoms with Crippen LogP contribution in [-0.4, -0.2) is 22.9 Å². The number of alkyl halides is 3. The molecule has 2 aromatic rings. The minimum atomic E-state index is -4.50. The van der Waals surface area contributed by atoms with E-state index in [2.05, 4.69) is 0 Å². The first-order valence-corrected chi connectivity index (χ1v) is 10.1. The van der Waals surface area contributed by atoms with Crippen LogP contribution in [0, 0.1) is 5.82 Å². The number of hydrogen-bond donors (Lipinski definition) is 0. The van der Waals surface area contributed by atoms with Crippen LogP contribution in [-0.2, 0) is 27.0 Å². The van der Waals surface area contributed by atoms with Crippen LogP contribution in [0.25, 0.3) is 0 Å². The Kier molecular flexibility index (Phi) is 6.71. The van der Waals surface area contributed by atoms with E-state index in [4.69, 9.17) is 4.74 Å². The van der Waals surface area contributed by atoms with Crippen molar-refractivity contribution < 1.29 is 31.9 Å². The second-order valence-electron chi connectivity index (χ2n) is 7.90. The van der Waals surface area contributed by atoms with E-state index in [1.54, 1.807) is 32.9 Å². The van der Waals surface area contributed by atoms with Crippen LogP contribution in [0.15, 0.2) is 59.8 Å². The summed E-state index contributed by atoms with van der Waals surface area (Å²) in [6, 6.07) is 10.4. The summed E-state index contributed by atoms with van der Waals surface area (Å²) >= 11 is 0. The van der Waals surface area contributed by atoms with Gasteiger partial charge in [0.1, 0.15) is 5.82 Å². The fraction of sp³-hybridized carbons (Fsp3) is 0.333. The minimum absolute atomic E-state index is 0.0739. The topological polar surface area (TPSA) is 46.6 Å². The zero-order valence-electron chi connectivity index (χ0n) is 17.9. The van der Waals surface area contributed by atoms with Crippen molar-refractivity contribution in [3.8, 4) is 0 Å². The molecule has 0 spiro atoms. The molecule has 0 saturated heterocycles. The second kappa shape index (κ2) is 9.14. The Morgan fingerprint density at radius 1 is 1.12 bits per heavy atom. The van der Waals surface area contributed by atoms with Crippen LogP contribution in [0.5, 0.6) is 0 Å². The first kappa shape index (κ1) is 23.5. The third-order valence-corrected chi connectivity index (χ3v) is 5.31. The summed E-state index contributed by atoms with van der Waals surface area (Å²) < 4.78 is 58.4. The van der Waals surface area contributed by atoms with Gasteiger partial charge in [-0.15, -0.1) is 0 Å². The molecule has 0 saturated carbocycles. The van der Waals surface area contributed by atoms with Gasteiger partial charge < -0.3 is 9.64 Å². The van der Waals surface area contributed by atoms with Gasteiger partial charge in [-0.2, -0.15) is 13.2 Å². The third kappa shape index (κ3) is 5.00. The number of nitrogens with zero attached hydrogens (tertiary/aromatic N) is 1. The molecule has 1 amide bonds. The Balaban J connectivity index is 2.04. The van der Waals surface area contributed by atoms with Gasteiger partial charge in [0.05, 0.1) is 23.8 Å². The van der Waals surface area contributed by atoms with Crippen LogP contribution < -0.4 is 0 Å². The van der Waals surface area contributed by atoms with E-state index in [0.29, 0.717) is 11.3 Å². The molecule has 0 radical (unpaired) electrons. The molecular formula is C24H23F4NO3. The van der Waals surface area contributed by atoms with Crippen molar-refractivity contribution in [2.75, 3.05) is 0 Å². The quantitative estimate of drug-likeness (QED) is 0.442. The Morgan fingerprint density at radius 2 is 1.75 bits per heavy atom. The van der Waals surface area contributed by atoms with E-state index in [1.165, 1.54) is 29.2 Å². The lowest BCUT2D eigenvalue weighted by Gasteiger charge is -2.35. The number of amides is 1. The summed E-state index contributed by atoms with van der Waals surface area (Å²) in [4.78, 5) is 27.2. The zero-order valence-corrected chi connectivity index (χ0v) is 17.9. The number of esters is 1. The molecule has 1 aliphatic rings. The predicted octanol–water partition coefficient (Wildman–Crippen LogP) is 5.59. The molecule has 4 nitrogen and oxygen atoms in total. The Labute approximate surface area is 183 Å². The number of halogens is 4. The van der Waals surface area contributed by atoms with Crippen LogP contribution in [0.2, 0.25) is 0 Å². The fourth-order valence-corrected chi connectivity index (χ4v) is 3.73. The molecule has 2 aromatic carbocycles. The number of rotatable bonds is 5. The smallest absolute Gasteiger partial charge is 0.416 e. The molecule has 0 N–H and O–H groups in total. The van der Waals surface area contributed by atoms with Crippen LogP contribution >= 0.6 is 0 Å². The number of hydrogen-bond acceptors (Lipinski definition) is 3. The van der Waals surface area contributed by atoms with Crippen LogP contribution in [0.1, 0.15) is 49.8 Å². The van der Waals surface area contributed by atoms with Crippen LogP contribution in [0.4, 0.5) is 17.6 Å². The van der Waals surface area contributed by atoms with Crippen molar-refractivity contribution in [3.05, 3.63) is 82.3 Å². The summed E-state index contributed by atoms with van der Waals surface area (Å²) in [6.07, 6.45) is -5.09. The second-order valence-corrected chi connectivity index (χ2v) is 7.90. The first-order valence-electron chi connectivity index (χ1n) is 10.1. The number of allylic oxidation sites excluding steroid dienone is 1. The van der Waals surface area contributed by atoms with Gasteiger partial charge in [0.25, 0.3) is 0 Å². The standard InChI is InChI=1S/C24H23F4NO3/c1-14(2)32-23(31)22-15(3)29(13-17-6-4-5-7-20(17)25)21(30)12-19(22)16-8-10-18(11-9-16)24(26,27)28/h4-11,14,19H,12-13H2,1-3H3. The van der Waals surface area contributed by atoms with Gasteiger partial charge in [-0.25, -0.2) is 9.18 Å². The van der Waals surface area contributed by atoms with Crippen molar-refractivity contribution in [1.29, 1.82) is 0 Å². The van der Waals surface area contributed by atoms with Gasteiger partial charge in [0.15, 0.2) is 0 Å². The van der Waals surface area contributed by atoms with E-state index in [9.17, 15) is 27.2 Å². The fourth-order valence-electron chi connectivity index (χ4n) is 3.73. The largest absolute Gasteiger partial charge is 0.460 e. The van der Waals surface area contributed by atoms with Crippen LogP contribution in [0.3, 0.4) is 0 Å². The molecule has 170 valence electrons. The molecule has 0 fully saturated rings. The number of carbonyl (C=O) groups is 2.